The number of nitrogen functional groups attached to an aromatic ring is 1. The number of hydrogen-bond acceptors (Lipinski definition) is 12. The van der Waals surface area contributed by atoms with Crippen molar-refractivity contribution < 1.29 is 61.4 Å². The fourth-order valence-corrected chi connectivity index (χ4v) is 5.86. The molecule has 0 spiro atoms. The molecule has 32 heavy (non-hydrogen) atoms. The van der Waals surface area contributed by atoms with Gasteiger partial charge in [-0.15, -0.1) is 0 Å². The zero-order valence-corrected chi connectivity index (χ0v) is 18.1. The minimum atomic E-state index is -5.72. The largest absolute Gasteiger partial charge is 0.490 e. The molecule has 0 radical (unpaired) electrons. The van der Waals surface area contributed by atoms with E-state index in [1.54, 1.807) is 0 Å². The third-order valence-corrected chi connectivity index (χ3v) is 7.83. The number of phosphoric acid groups is 3. The van der Waals surface area contributed by atoms with E-state index in [-0.39, 0.29) is 17.0 Å². The van der Waals surface area contributed by atoms with Gasteiger partial charge in [-0.25, -0.2) is 13.7 Å². The number of aromatic amines is 1. The number of aliphatic hydroxyl groups excluding tert-OH is 2. The van der Waals surface area contributed by atoms with Gasteiger partial charge in [0.05, 0.1) is 12.0 Å². The van der Waals surface area contributed by atoms with Crippen LogP contribution in [0, 0.1) is 0 Å². The summed E-state index contributed by atoms with van der Waals surface area (Å²) in [6.07, 6.45) is -4.92. The van der Waals surface area contributed by atoms with E-state index in [0.717, 1.165) is 0 Å². The average molecular weight is 522 g/mol. The van der Waals surface area contributed by atoms with Crippen LogP contribution in [0.15, 0.2) is 17.1 Å². The molecule has 1 aliphatic rings. The van der Waals surface area contributed by atoms with Crippen molar-refractivity contribution in [3.63, 3.8) is 0 Å². The van der Waals surface area contributed by atoms with Crippen LogP contribution < -0.4 is 11.3 Å². The summed E-state index contributed by atoms with van der Waals surface area (Å²) < 4.78 is 51.8. The van der Waals surface area contributed by atoms with Crippen LogP contribution in [-0.2, 0) is 31.6 Å². The molecule has 21 heteroatoms. The van der Waals surface area contributed by atoms with Crippen LogP contribution in [0.2, 0.25) is 0 Å². The standard InChI is InChI=1S/C11H17N4O14P3/c12-11-13-8-4(9(18)14-11)1-2-15(8)10-7(17)6(16)5(27-10)3-26-31(22,23)29-32(24,25)28-30(19,20)21/h1-2,5-7,10,16-17H,3H2,(H,22,23)(H,24,25)(H2,19,20,21)(H3,12,13,14,18). The van der Waals surface area contributed by atoms with Crippen molar-refractivity contribution >= 4 is 40.4 Å². The molecule has 0 aliphatic carbocycles. The third kappa shape index (κ3) is 5.70. The van der Waals surface area contributed by atoms with Gasteiger partial charge in [-0.1, -0.05) is 0 Å². The summed E-state index contributed by atoms with van der Waals surface area (Å²) in [4.78, 5) is 53.7. The van der Waals surface area contributed by atoms with Crippen LogP contribution >= 0.6 is 23.5 Å². The summed E-state index contributed by atoms with van der Waals surface area (Å²) in [7, 11) is -16.7. The van der Waals surface area contributed by atoms with Crippen LogP contribution in [0.5, 0.6) is 0 Å². The lowest BCUT2D eigenvalue weighted by Gasteiger charge is -2.19. The Morgan fingerprint density at radius 1 is 1.12 bits per heavy atom. The van der Waals surface area contributed by atoms with Gasteiger partial charge in [0.15, 0.2) is 11.9 Å². The first-order valence-electron chi connectivity index (χ1n) is 8.25. The minimum absolute atomic E-state index is 0.00367. The quantitative estimate of drug-likeness (QED) is 0.179. The molecule has 6 atom stereocenters. The monoisotopic (exact) mass is 522 g/mol. The molecule has 0 saturated carbocycles. The highest BCUT2D eigenvalue weighted by atomic mass is 31.3. The highest BCUT2D eigenvalue weighted by molar-refractivity contribution is 7.66. The number of nitrogens with one attached hydrogen (secondary N) is 1. The number of ether oxygens (including phenoxy) is 1. The van der Waals surface area contributed by atoms with E-state index in [2.05, 4.69) is 23.1 Å². The second-order valence-electron chi connectivity index (χ2n) is 6.34. The zero-order chi connectivity index (χ0) is 24.1. The van der Waals surface area contributed by atoms with Crippen molar-refractivity contribution in [3.8, 4) is 0 Å². The van der Waals surface area contributed by atoms with Crippen molar-refractivity contribution in [1.82, 2.24) is 14.5 Å². The number of aromatic nitrogens is 3. The van der Waals surface area contributed by atoms with Crippen molar-refractivity contribution in [2.75, 3.05) is 12.3 Å². The third-order valence-electron chi connectivity index (χ3n) is 4.03. The molecule has 1 fully saturated rings. The van der Waals surface area contributed by atoms with Crippen molar-refractivity contribution in [2.45, 2.75) is 24.5 Å². The predicted octanol–water partition coefficient (Wildman–Crippen LogP) is -1.73. The molecular weight excluding hydrogens is 505 g/mol. The fourth-order valence-electron chi connectivity index (χ4n) is 2.83. The van der Waals surface area contributed by atoms with E-state index in [1.165, 1.54) is 16.8 Å². The highest BCUT2D eigenvalue weighted by Gasteiger charge is 2.46. The fraction of sp³-hybridized carbons (Fsp3) is 0.455. The highest BCUT2D eigenvalue weighted by Crippen LogP contribution is 2.66. The van der Waals surface area contributed by atoms with Gasteiger partial charge in [0.1, 0.15) is 18.3 Å². The number of phosphoric ester groups is 1. The van der Waals surface area contributed by atoms with Crippen LogP contribution in [0.1, 0.15) is 6.23 Å². The van der Waals surface area contributed by atoms with E-state index in [1.807, 2.05) is 0 Å². The average Bonchev–Trinajstić information content (AvgIpc) is 3.12. The SMILES string of the molecule is Nc1nc2c(ccn2C2OC(COP(=O)(O)OP(=O)(O)OP(=O)(O)O)C(O)C2O)c(=O)[nH]1. The van der Waals surface area contributed by atoms with Crippen LogP contribution in [0.4, 0.5) is 5.95 Å². The Hall–Kier alpha value is -1.49. The van der Waals surface area contributed by atoms with E-state index in [4.69, 9.17) is 25.2 Å². The number of hydrogen-bond donors (Lipinski definition) is 8. The molecule has 0 bridgehead atoms. The van der Waals surface area contributed by atoms with Gasteiger partial charge in [0.2, 0.25) is 5.95 Å². The Morgan fingerprint density at radius 3 is 2.41 bits per heavy atom. The first-order chi connectivity index (χ1) is 14.6. The normalized spacial score (nSPS) is 27.9. The van der Waals surface area contributed by atoms with E-state index >= 15 is 0 Å². The van der Waals surface area contributed by atoms with E-state index < -0.39 is 60.2 Å². The lowest BCUT2D eigenvalue weighted by molar-refractivity contribution is -0.0500. The zero-order valence-electron chi connectivity index (χ0n) is 15.4. The Balaban J connectivity index is 1.72. The second kappa shape index (κ2) is 8.70. The lowest BCUT2D eigenvalue weighted by atomic mass is 10.1. The molecule has 2 aromatic heterocycles. The summed E-state index contributed by atoms with van der Waals surface area (Å²) >= 11 is 0. The summed E-state index contributed by atoms with van der Waals surface area (Å²) in [5.41, 5.74) is 4.91. The summed E-state index contributed by atoms with van der Waals surface area (Å²) in [6, 6.07) is 1.34. The van der Waals surface area contributed by atoms with Crippen molar-refractivity contribution in [3.05, 3.63) is 22.6 Å². The van der Waals surface area contributed by atoms with Crippen molar-refractivity contribution in [2.24, 2.45) is 0 Å². The van der Waals surface area contributed by atoms with Crippen LogP contribution in [0.25, 0.3) is 11.0 Å². The Morgan fingerprint density at radius 2 is 1.78 bits per heavy atom. The van der Waals surface area contributed by atoms with E-state index in [0.29, 0.717) is 0 Å². The molecule has 6 unspecified atom stereocenters. The molecule has 2 aromatic rings. The van der Waals surface area contributed by atoms with Gasteiger partial charge in [-0.2, -0.15) is 13.6 Å². The van der Waals surface area contributed by atoms with Gasteiger partial charge in [-0.3, -0.25) is 14.3 Å². The first-order valence-corrected chi connectivity index (χ1v) is 12.8. The van der Waals surface area contributed by atoms with Gasteiger partial charge in [-0.05, 0) is 6.07 Å². The molecule has 0 amide bonds. The molecular formula is C11H17N4O14P3. The minimum Gasteiger partial charge on any atom is -0.387 e. The van der Waals surface area contributed by atoms with Gasteiger partial charge < -0.3 is 44.8 Å². The number of nitrogens with two attached hydrogens (primary N) is 1. The predicted molar refractivity (Wildman–Crippen MR) is 101 cm³/mol. The summed E-state index contributed by atoms with van der Waals surface area (Å²) in [5.74, 6) is -0.236. The lowest BCUT2D eigenvalue weighted by Crippen LogP contribution is -2.33. The maximum Gasteiger partial charge on any atom is 0.490 e. The van der Waals surface area contributed by atoms with Gasteiger partial charge >= 0.3 is 23.5 Å². The molecule has 180 valence electrons. The molecule has 1 aliphatic heterocycles. The molecule has 3 rings (SSSR count). The Bertz CT molecular complexity index is 1210. The maximum absolute atomic E-state index is 11.9. The smallest absolute Gasteiger partial charge is 0.387 e. The summed E-state index contributed by atoms with van der Waals surface area (Å²) in [5, 5.41) is 20.5. The van der Waals surface area contributed by atoms with Crippen molar-refractivity contribution in [1.29, 1.82) is 0 Å². The number of H-pyrrole nitrogens is 1. The maximum atomic E-state index is 11.9. The van der Waals surface area contributed by atoms with Gasteiger partial charge in [0.25, 0.3) is 5.56 Å². The first kappa shape index (κ1) is 25.1. The molecule has 0 aromatic carbocycles. The molecule has 9 N–H and O–H groups in total. The molecule has 18 nitrogen and oxygen atoms in total. The molecule has 3 heterocycles. The Labute approximate surface area is 176 Å². The number of nitrogens with zero attached hydrogens (tertiary/aromatic N) is 2. The molecule has 1 saturated heterocycles. The number of aliphatic hydroxyl groups is 2. The van der Waals surface area contributed by atoms with Gasteiger partial charge in [0, 0.05) is 6.20 Å². The number of rotatable bonds is 8. The Kier molecular flexibility index (Phi) is 6.83. The second-order valence-corrected chi connectivity index (χ2v) is 10.8. The van der Waals surface area contributed by atoms with Crippen LogP contribution in [-0.4, -0.2) is 69.2 Å². The number of anilines is 1. The van der Waals surface area contributed by atoms with E-state index in [9.17, 15) is 33.6 Å². The summed E-state index contributed by atoms with van der Waals surface area (Å²) in [6.45, 7) is -0.992. The topological polar surface area (TPSA) is 286 Å². The number of fused-ring (bicyclic) bond motifs is 1. The van der Waals surface area contributed by atoms with Crippen LogP contribution in [0.3, 0.4) is 0 Å².